The van der Waals surface area contributed by atoms with Crippen molar-refractivity contribution in [1.82, 2.24) is 19.3 Å². The molecule has 1 aliphatic heterocycles. The first-order chi connectivity index (χ1) is 14.1. The van der Waals surface area contributed by atoms with E-state index in [2.05, 4.69) is 20.9 Å². The van der Waals surface area contributed by atoms with Crippen molar-refractivity contribution in [2.24, 2.45) is 0 Å². The van der Waals surface area contributed by atoms with Crippen LogP contribution in [0.5, 0.6) is 0 Å². The van der Waals surface area contributed by atoms with Crippen LogP contribution in [0.4, 0.5) is 8.78 Å². The lowest BCUT2D eigenvalue weighted by Crippen LogP contribution is -2.28. The summed E-state index contributed by atoms with van der Waals surface area (Å²) in [7, 11) is 0. The number of aromatic amines is 1. The summed E-state index contributed by atoms with van der Waals surface area (Å²) in [5, 5.41) is 0. The second-order valence-corrected chi connectivity index (χ2v) is 7.26. The molecule has 5 rings (SSSR count). The Kier molecular flexibility index (Phi) is 4.24. The number of nitrogens with zero attached hydrogens (tertiary/aromatic N) is 3. The second-order valence-electron chi connectivity index (χ2n) is 7.26. The van der Waals surface area contributed by atoms with Crippen LogP contribution in [0.25, 0.3) is 22.1 Å². The highest BCUT2D eigenvalue weighted by Gasteiger charge is 2.15. The van der Waals surface area contributed by atoms with Crippen molar-refractivity contribution in [1.29, 1.82) is 0 Å². The molecule has 4 aromatic rings. The molecule has 0 saturated carbocycles. The lowest BCUT2D eigenvalue weighted by molar-refractivity contribution is 0.294. The first-order valence-electron chi connectivity index (χ1n) is 9.43. The third kappa shape index (κ3) is 3.23. The fraction of sp³-hybridized carbons (Fsp3) is 0.182. The molecule has 0 saturated heterocycles. The van der Waals surface area contributed by atoms with Crippen molar-refractivity contribution < 1.29 is 8.78 Å². The molecule has 0 amide bonds. The van der Waals surface area contributed by atoms with Crippen LogP contribution < -0.4 is 5.56 Å². The number of fused-ring (bicyclic) bond motifs is 3. The Morgan fingerprint density at radius 1 is 1.14 bits per heavy atom. The van der Waals surface area contributed by atoms with Gasteiger partial charge in [-0.1, -0.05) is 12.1 Å². The Labute approximate surface area is 164 Å². The molecule has 0 bridgehead atoms. The van der Waals surface area contributed by atoms with Crippen LogP contribution in [0.1, 0.15) is 17.7 Å². The van der Waals surface area contributed by atoms with Gasteiger partial charge in [-0.05, 0) is 47.9 Å². The molecule has 1 aliphatic rings. The lowest BCUT2D eigenvalue weighted by atomic mass is 10.0. The van der Waals surface area contributed by atoms with Crippen LogP contribution in [0.2, 0.25) is 0 Å². The van der Waals surface area contributed by atoms with Crippen molar-refractivity contribution in [3.63, 3.8) is 0 Å². The third-order valence-corrected chi connectivity index (χ3v) is 5.38. The number of halogens is 2. The van der Waals surface area contributed by atoms with E-state index in [0.717, 1.165) is 48.4 Å². The van der Waals surface area contributed by atoms with E-state index in [-0.39, 0.29) is 11.3 Å². The van der Waals surface area contributed by atoms with Crippen LogP contribution in [0.3, 0.4) is 0 Å². The van der Waals surface area contributed by atoms with E-state index in [9.17, 15) is 13.6 Å². The number of nitrogens with one attached hydrogen (secondary N) is 1. The van der Waals surface area contributed by atoms with Gasteiger partial charge < -0.3 is 9.38 Å². The summed E-state index contributed by atoms with van der Waals surface area (Å²) in [6.07, 6.45) is 5.78. The predicted octanol–water partition coefficient (Wildman–Crippen LogP) is 3.74. The number of aromatic nitrogens is 3. The van der Waals surface area contributed by atoms with E-state index in [1.165, 1.54) is 18.3 Å². The molecule has 3 aromatic heterocycles. The molecule has 29 heavy (non-hydrogen) atoms. The number of pyridine rings is 1. The molecule has 1 aromatic carbocycles. The number of H-pyrrole nitrogens is 1. The first kappa shape index (κ1) is 17.8. The molecule has 0 atom stereocenters. The highest BCUT2D eigenvalue weighted by atomic mass is 19.1. The molecule has 0 radical (unpaired) electrons. The fourth-order valence-corrected chi connectivity index (χ4v) is 3.91. The first-order valence-corrected chi connectivity index (χ1v) is 9.43. The maximum Gasteiger partial charge on any atom is 0.275 e. The fourth-order valence-electron chi connectivity index (χ4n) is 3.91. The van der Waals surface area contributed by atoms with E-state index in [1.807, 2.05) is 18.2 Å². The van der Waals surface area contributed by atoms with Gasteiger partial charge in [-0.3, -0.25) is 14.7 Å². The van der Waals surface area contributed by atoms with E-state index in [4.69, 9.17) is 0 Å². The SMILES string of the molecule is O=c1[nH]c2cc(CN3CC=C(c4ccc(F)cn4)CC3)ccc2n2ccc(F)c12. The zero-order chi connectivity index (χ0) is 20.0. The van der Waals surface area contributed by atoms with Crippen LogP contribution in [0, 0.1) is 11.6 Å². The van der Waals surface area contributed by atoms with Crippen molar-refractivity contribution in [3.8, 4) is 0 Å². The topological polar surface area (TPSA) is 53.4 Å². The van der Waals surface area contributed by atoms with Crippen LogP contribution >= 0.6 is 0 Å². The van der Waals surface area contributed by atoms with Gasteiger partial charge in [0, 0.05) is 25.8 Å². The minimum atomic E-state index is -0.524. The quantitative estimate of drug-likeness (QED) is 0.578. The Balaban J connectivity index is 1.38. The zero-order valence-corrected chi connectivity index (χ0v) is 15.5. The summed E-state index contributed by atoms with van der Waals surface area (Å²) in [4.78, 5) is 21.4. The summed E-state index contributed by atoms with van der Waals surface area (Å²) in [6.45, 7) is 2.36. The third-order valence-electron chi connectivity index (χ3n) is 5.38. The molecule has 7 heteroatoms. The summed E-state index contributed by atoms with van der Waals surface area (Å²) in [6, 6.07) is 10.3. The van der Waals surface area contributed by atoms with Crippen molar-refractivity contribution >= 4 is 22.1 Å². The van der Waals surface area contributed by atoms with Gasteiger partial charge >= 0.3 is 0 Å². The van der Waals surface area contributed by atoms with Crippen LogP contribution in [-0.4, -0.2) is 32.4 Å². The van der Waals surface area contributed by atoms with Gasteiger partial charge in [0.15, 0.2) is 5.82 Å². The Morgan fingerprint density at radius 2 is 2.03 bits per heavy atom. The van der Waals surface area contributed by atoms with Gasteiger partial charge in [-0.15, -0.1) is 0 Å². The van der Waals surface area contributed by atoms with Gasteiger partial charge in [0.05, 0.1) is 22.9 Å². The minimum absolute atomic E-state index is 0.0355. The monoisotopic (exact) mass is 392 g/mol. The van der Waals surface area contributed by atoms with Crippen molar-refractivity contribution in [2.75, 3.05) is 13.1 Å². The minimum Gasteiger partial charge on any atom is -0.319 e. The van der Waals surface area contributed by atoms with Gasteiger partial charge in [0.25, 0.3) is 5.56 Å². The Hall–Kier alpha value is -3.32. The van der Waals surface area contributed by atoms with Crippen LogP contribution in [-0.2, 0) is 6.54 Å². The molecule has 5 nitrogen and oxygen atoms in total. The highest BCUT2D eigenvalue weighted by Crippen LogP contribution is 2.23. The average Bonchev–Trinajstić information content (AvgIpc) is 3.12. The Morgan fingerprint density at radius 3 is 2.79 bits per heavy atom. The zero-order valence-electron chi connectivity index (χ0n) is 15.5. The van der Waals surface area contributed by atoms with Gasteiger partial charge in [-0.2, -0.15) is 0 Å². The Bertz CT molecular complexity index is 1300. The second kappa shape index (κ2) is 6.93. The van der Waals surface area contributed by atoms with E-state index in [0.29, 0.717) is 5.52 Å². The average molecular weight is 392 g/mol. The molecule has 0 unspecified atom stereocenters. The molecule has 4 heterocycles. The van der Waals surface area contributed by atoms with Crippen LogP contribution in [0.15, 0.2) is 59.7 Å². The van der Waals surface area contributed by atoms with E-state index < -0.39 is 11.4 Å². The highest BCUT2D eigenvalue weighted by molar-refractivity contribution is 5.79. The number of rotatable bonds is 3. The standard InChI is InChI=1S/C22H18F2N4O/c23-16-2-3-18(25-12-16)15-5-8-27(9-6-15)13-14-1-4-20-19(11-14)26-22(29)21-17(24)7-10-28(20)21/h1-5,7,10-12H,6,8-9,13H2,(H,26,29). The molecule has 146 valence electrons. The normalized spacial score (nSPS) is 15.2. The smallest absolute Gasteiger partial charge is 0.275 e. The molecule has 0 fully saturated rings. The lowest BCUT2D eigenvalue weighted by Gasteiger charge is -2.26. The van der Waals surface area contributed by atoms with Crippen molar-refractivity contribution in [2.45, 2.75) is 13.0 Å². The predicted molar refractivity (Wildman–Crippen MR) is 108 cm³/mol. The van der Waals surface area contributed by atoms with Gasteiger partial charge in [0.2, 0.25) is 0 Å². The summed E-state index contributed by atoms with van der Waals surface area (Å²) < 4.78 is 28.5. The summed E-state index contributed by atoms with van der Waals surface area (Å²) in [5.74, 6) is -0.857. The summed E-state index contributed by atoms with van der Waals surface area (Å²) >= 11 is 0. The molecular formula is C22H18F2N4O. The molecule has 0 aliphatic carbocycles. The largest absolute Gasteiger partial charge is 0.319 e. The van der Waals surface area contributed by atoms with E-state index >= 15 is 0 Å². The number of hydrogen-bond donors (Lipinski definition) is 1. The number of hydrogen-bond acceptors (Lipinski definition) is 3. The molecular weight excluding hydrogens is 374 g/mol. The maximum atomic E-state index is 13.8. The summed E-state index contributed by atoms with van der Waals surface area (Å²) in [5.41, 5.74) is 4.05. The van der Waals surface area contributed by atoms with E-state index in [1.54, 1.807) is 16.7 Å². The maximum absolute atomic E-state index is 13.8. The molecule has 0 spiro atoms. The number of benzene rings is 1. The molecule has 1 N–H and O–H groups in total. The van der Waals surface area contributed by atoms with Gasteiger partial charge in [0.1, 0.15) is 11.3 Å². The van der Waals surface area contributed by atoms with Crippen molar-refractivity contribution in [3.05, 3.63) is 88.1 Å². The van der Waals surface area contributed by atoms with Gasteiger partial charge in [-0.25, -0.2) is 8.78 Å².